The van der Waals surface area contributed by atoms with E-state index in [1.54, 1.807) is 25.1 Å². The molecule has 1 atom stereocenters. The summed E-state index contributed by atoms with van der Waals surface area (Å²) in [7, 11) is -3.79. The first-order valence-corrected chi connectivity index (χ1v) is 9.54. The number of nitrogens with two attached hydrogens (primary N) is 1. The molecule has 2 aromatic rings. The zero-order valence-electron chi connectivity index (χ0n) is 13.2. The van der Waals surface area contributed by atoms with E-state index in [1.165, 1.54) is 30.3 Å². The minimum Gasteiger partial charge on any atom is -0.478 e. The van der Waals surface area contributed by atoms with Gasteiger partial charge in [0.05, 0.1) is 15.7 Å². The van der Waals surface area contributed by atoms with Crippen molar-refractivity contribution in [2.45, 2.75) is 22.0 Å². The highest BCUT2D eigenvalue weighted by atomic mass is 32.2. The van der Waals surface area contributed by atoms with Crippen LogP contribution >= 0.6 is 11.8 Å². The normalized spacial score (nSPS) is 12.4. The maximum absolute atomic E-state index is 12.3. The minimum absolute atomic E-state index is 0.0525. The molecule has 0 saturated carbocycles. The van der Waals surface area contributed by atoms with E-state index in [-0.39, 0.29) is 16.4 Å². The molecule has 0 aromatic heterocycles. The molecule has 4 N–H and O–H groups in total. The summed E-state index contributed by atoms with van der Waals surface area (Å²) < 4.78 is 22.4. The van der Waals surface area contributed by atoms with Crippen LogP contribution in [0.25, 0.3) is 0 Å². The van der Waals surface area contributed by atoms with Gasteiger partial charge in [0.1, 0.15) is 0 Å². The number of nitrogens with one attached hydrogen (secondary N) is 1. The maximum Gasteiger partial charge on any atom is 0.336 e. The molecule has 2 rings (SSSR count). The number of carboxylic acid groups (broad SMARTS) is 1. The fourth-order valence-electron chi connectivity index (χ4n) is 1.96. The van der Waals surface area contributed by atoms with Crippen molar-refractivity contribution in [1.29, 1.82) is 0 Å². The number of primary sulfonamides is 1. The van der Waals surface area contributed by atoms with Crippen LogP contribution in [-0.2, 0) is 14.8 Å². The first kappa shape index (κ1) is 19.0. The molecule has 2 aromatic carbocycles. The summed E-state index contributed by atoms with van der Waals surface area (Å²) in [6, 6.07) is 11.9. The van der Waals surface area contributed by atoms with Gasteiger partial charge in [-0.3, -0.25) is 4.79 Å². The van der Waals surface area contributed by atoms with Crippen LogP contribution in [0.2, 0.25) is 0 Å². The zero-order valence-corrected chi connectivity index (χ0v) is 14.8. The largest absolute Gasteiger partial charge is 0.478 e. The van der Waals surface area contributed by atoms with Gasteiger partial charge in [0.25, 0.3) is 0 Å². The van der Waals surface area contributed by atoms with Crippen molar-refractivity contribution in [3.8, 4) is 0 Å². The van der Waals surface area contributed by atoms with Crippen molar-refractivity contribution in [2.75, 3.05) is 5.32 Å². The third-order valence-electron chi connectivity index (χ3n) is 3.24. The van der Waals surface area contributed by atoms with Gasteiger partial charge in [-0.1, -0.05) is 12.1 Å². The molecule has 0 aliphatic carbocycles. The number of carboxylic acids is 1. The quantitative estimate of drug-likeness (QED) is 0.659. The van der Waals surface area contributed by atoms with Crippen LogP contribution in [0.1, 0.15) is 17.3 Å². The third kappa shape index (κ3) is 5.05. The maximum atomic E-state index is 12.3. The van der Waals surface area contributed by atoms with E-state index in [4.69, 9.17) is 5.14 Å². The lowest BCUT2D eigenvalue weighted by molar-refractivity contribution is -0.115. The van der Waals surface area contributed by atoms with Crippen molar-refractivity contribution in [3.63, 3.8) is 0 Å². The Morgan fingerprint density at radius 1 is 1.12 bits per heavy atom. The Labute approximate surface area is 149 Å². The topological polar surface area (TPSA) is 127 Å². The standard InChI is InChI=1S/C16H16N2O5S2/c1-10(24-14-5-3-2-4-13(14)16(20)21)15(19)18-11-6-8-12(9-7-11)25(17,22)23/h2-10H,1H3,(H,18,19)(H,20,21)(H2,17,22,23)/t10-/m1/s1. The number of hydrogen-bond donors (Lipinski definition) is 3. The van der Waals surface area contributed by atoms with Gasteiger partial charge in [-0.05, 0) is 43.3 Å². The molecule has 25 heavy (non-hydrogen) atoms. The average Bonchev–Trinajstić information content (AvgIpc) is 2.54. The number of carbonyl (C=O) groups is 2. The van der Waals surface area contributed by atoms with E-state index < -0.39 is 21.2 Å². The van der Waals surface area contributed by atoms with Gasteiger partial charge in [-0.15, -0.1) is 11.8 Å². The van der Waals surface area contributed by atoms with Crippen LogP contribution in [-0.4, -0.2) is 30.7 Å². The monoisotopic (exact) mass is 380 g/mol. The summed E-state index contributed by atoms with van der Waals surface area (Å²) >= 11 is 1.12. The van der Waals surface area contributed by atoms with Crippen LogP contribution in [0, 0.1) is 0 Å². The second-order valence-electron chi connectivity index (χ2n) is 5.12. The number of rotatable bonds is 6. The minimum atomic E-state index is -3.79. The molecule has 9 heteroatoms. The molecule has 1 amide bonds. The number of hydrogen-bond acceptors (Lipinski definition) is 5. The van der Waals surface area contributed by atoms with E-state index in [9.17, 15) is 23.1 Å². The van der Waals surface area contributed by atoms with Crippen molar-refractivity contribution < 1.29 is 23.1 Å². The first-order chi connectivity index (χ1) is 11.7. The molecule has 0 aliphatic heterocycles. The molecular weight excluding hydrogens is 364 g/mol. The lowest BCUT2D eigenvalue weighted by Crippen LogP contribution is -2.22. The highest BCUT2D eigenvalue weighted by molar-refractivity contribution is 8.00. The van der Waals surface area contributed by atoms with Crippen molar-refractivity contribution >= 4 is 39.3 Å². The highest BCUT2D eigenvalue weighted by Gasteiger charge is 2.18. The van der Waals surface area contributed by atoms with Crippen LogP contribution < -0.4 is 10.5 Å². The SMILES string of the molecule is C[C@@H](Sc1ccccc1C(=O)O)C(=O)Nc1ccc(S(N)(=O)=O)cc1. The van der Waals surface area contributed by atoms with E-state index in [1.807, 2.05) is 0 Å². The Kier molecular flexibility index (Phi) is 5.83. The van der Waals surface area contributed by atoms with Gasteiger partial charge >= 0.3 is 5.97 Å². The molecule has 0 bridgehead atoms. The summed E-state index contributed by atoms with van der Waals surface area (Å²) in [5.74, 6) is -1.40. The van der Waals surface area contributed by atoms with E-state index in [0.29, 0.717) is 10.6 Å². The number of benzene rings is 2. The fourth-order valence-corrected chi connectivity index (χ4v) is 3.46. The summed E-state index contributed by atoms with van der Waals surface area (Å²) in [4.78, 5) is 23.9. The Morgan fingerprint density at radius 3 is 2.28 bits per heavy atom. The second-order valence-corrected chi connectivity index (χ2v) is 8.06. The molecule has 0 fully saturated rings. The molecule has 0 unspecified atom stereocenters. The Morgan fingerprint density at radius 2 is 1.72 bits per heavy atom. The molecule has 0 saturated heterocycles. The second kappa shape index (κ2) is 7.68. The Bertz CT molecular complexity index is 895. The third-order valence-corrected chi connectivity index (χ3v) is 5.35. The summed E-state index contributed by atoms with van der Waals surface area (Å²) in [5.41, 5.74) is 0.543. The van der Waals surface area contributed by atoms with Gasteiger partial charge in [-0.2, -0.15) is 0 Å². The van der Waals surface area contributed by atoms with Gasteiger partial charge < -0.3 is 10.4 Å². The Hall–Kier alpha value is -2.36. The number of carbonyl (C=O) groups excluding carboxylic acids is 1. The number of thioether (sulfide) groups is 1. The molecular formula is C16H16N2O5S2. The highest BCUT2D eigenvalue weighted by Crippen LogP contribution is 2.27. The van der Waals surface area contributed by atoms with Gasteiger partial charge in [-0.25, -0.2) is 18.4 Å². The van der Waals surface area contributed by atoms with E-state index in [2.05, 4.69) is 5.32 Å². The summed E-state index contributed by atoms with van der Waals surface area (Å²) in [5, 5.41) is 16.3. The van der Waals surface area contributed by atoms with Crippen molar-refractivity contribution in [2.24, 2.45) is 5.14 Å². The molecule has 0 heterocycles. The van der Waals surface area contributed by atoms with Crippen molar-refractivity contribution in [3.05, 3.63) is 54.1 Å². The predicted octanol–water partition coefficient (Wildman–Crippen LogP) is 2.15. The smallest absolute Gasteiger partial charge is 0.336 e. The van der Waals surface area contributed by atoms with Crippen LogP contribution in [0.4, 0.5) is 5.69 Å². The first-order valence-electron chi connectivity index (χ1n) is 7.11. The average molecular weight is 380 g/mol. The van der Waals surface area contributed by atoms with E-state index >= 15 is 0 Å². The summed E-state index contributed by atoms with van der Waals surface area (Å²) in [6.07, 6.45) is 0. The predicted molar refractivity (Wildman–Crippen MR) is 95.2 cm³/mol. The van der Waals surface area contributed by atoms with Crippen LogP contribution in [0.3, 0.4) is 0 Å². The van der Waals surface area contributed by atoms with E-state index in [0.717, 1.165) is 11.8 Å². The lowest BCUT2D eigenvalue weighted by Gasteiger charge is -2.13. The van der Waals surface area contributed by atoms with Crippen LogP contribution in [0.5, 0.6) is 0 Å². The molecule has 0 spiro atoms. The Balaban J connectivity index is 2.07. The molecule has 0 aliphatic rings. The fraction of sp³-hybridized carbons (Fsp3) is 0.125. The lowest BCUT2D eigenvalue weighted by atomic mass is 10.2. The molecule has 0 radical (unpaired) electrons. The summed E-state index contributed by atoms with van der Waals surface area (Å²) in [6.45, 7) is 1.65. The van der Waals surface area contributed by atoms with Gasteiger partial charge in [0.15, 0.2) is 0 Å². The zero-order chi connectivity index (χ0) is 18.6. The van der Waals surface area contributed by atoms with Crippen LogP contribution in [0.15, 0.2) is 58.3 Å². The number of sulfonamides is 1. The number of aromatic carboxylic acids is 1. The van der Waals surface area contributed by atoms with Gasteiger partial charge in [0.2, 0.25) is 15.9 Å². The number of amides is 1. The van der Waals surface area contributed by atoms with Gasteiger partial charge in [0, 0.05) is 10.6 Å². The van der Waals surface area contributed by atoms with Crippen molar-refractivity contribution in [1.82, 2.24) is 0 Å². The molecule has 7 nitrogen and oxygen atoms in total. The molecule has 132 valence electrons. The number of anilines is 1.